The van der Waals surface area contributed by atoms with Crippen molar-refractivity contribution >= 4 is 50.4 Å². The first-order chi connectivity index (χ1) is 12.3. The molecule has 5 nitrogen and oxygen atoms in total. The Hall–Kier alpha value is -2.09. The number of carbonyl (C=O) groups is 2. The van der Waals surface area contributed by atoms with Crippen LogP contribution >= 0.6 is 23.4 Å². The number of sulfone groups is 1. The average Bonchev–Trinajstić information content (AvgIpc) is 2.92. The van der Waals surface area contributed by atoms with Crippen LogP contribution in [0.1, 0.15) is 11.1 Å². The van der Waals surface area contributed by atoms with E-state index < -0.39 is 21.0 Å². The monoisotopic (exact) mass is 407 g/mol. The highest BCUT2D eigenvalue weighted by Crippen LogP contribution is 2.26. The zero-order valence-corrected chi connectivity index (χ0v) is 15.8. The quantitative estimate of drug-likeness (QED) is 0.764. The Bertz CT molecular complexity index is 981. The topological polar surface area (TPSA) is 80.3 Å². The van der Waals surface area contributed by atoms with Gasteiger partial charge < -0.3 is 0 Å². The highest BCUT2D eigenvalue weighted by molar-refractivity contribution is 8.18. The molecule has 1 aliphatic rings. The zero-order valence-electron chi connectivity index (χ0n) is 13.4. The molecule has 1 saturated heterocycles. The maximum atomic E-state index is 12.5. The first-order valence-corrected chi connectivity index (χ1v) is 10.5. The number of halogens is 1. The van der Waals surface area contributed by atoms with E-state index in [-0.39, 0.29) is 15.6 Å². The Kier molecular flexibility index (Phi) is 5.50. The molecule has 1 N–H and O–H groups in total. The fourth-order valence-corrected chi connectivity index (χ4v) is 4.46. The number of nitrogens with one attached hydrogen (secondary N) is 1. The van der Waals surface area contributed by atoms with Crippen molar-refractivity contribution in [2.75, 3.05) is 5.75 Å². The van der Waals surface area contributed by atoms with E-state index in [0.717, 1.165) is 17.3 Å². The summed E-state index contributed by atoms with van der Waals surface area (Å²) in [6.45, 7) is 0. The molecule has 2 aromatic rings. The van der Waals surface area contributed by atoms with Crippen molar-refractivity contribution in [1.82, 2.24) is 5.32 Å². The maximum Gasteiger partial charge on any atom is 0.290 e. The standard InChI is InChI=1S/C18H14ClNO4S2/c19-14-5-1-12(2-6-14)9-10-26(23,24)15-7-3-13(4-8-15)11-16-17(21)20-18(22)25-16/h1-8,11H,9-10H2,(H,20,21,22)/b16-11+. The lowest BCUT2D eigenvalue weighted by Gasteiger charge is -2.06. The SMILES string of the molecule is O=C1NC(=O)/C(=C\c2ccc(S(=O)(=O)CCc3ccc(Cl)cc3)cc2)S1. The number of thioether (sulfide) groups is 1. The van der Waals surface area contributed by atoms with Gasteiger partial charge in [0.25, 0.3) is 11.1 Å². The number of rotatable bonds is 5. The van der Waals surface area contributed by atoms with E-state index >= 15 is 0 Å². The molecule has 26 heavy (non-hydrogen) atoms. The third kappa shape index (κ3) is 4.55. The van der Waals surface area contributed by atoms with E-state index in [9.17, 15) is 18.0 Å². The third-order valence-electron chi connectivity index (χ3n) is 3.75. The first-order valence-electron chi connectivity index (χ1n) is 7.66. The summed E-state index contributed by atoms with van der Waals surface area (Å²) in [6.07, 6.45) is 1.94. The molecule has 0 aromatic heterocycles. The predicted octanol–water partition coefficient (Wildman–Crippen LogP) is 3.68. The smallest absolute Gasteiger partial charge is 0.282 e. The van der Waals surface area contributed by atoms with Gasteiger partial charge in [-0.05, 0) is 59.7 Å². The minimum absolute atomic E-state index is 0.0121. The Morgan fingerprint density at radius 2 is 1.65 bits per heavy atom. The first kappa shape index (κ1) is 18.7. The molecular formula is C18H14ClNO4S2. The molecule has 0 bridgehead atoms. The number of amides is 2. The van der Waals surface area contributed by atoms with Crippen LogP contribution in [-0.4, -0.2) is 25.3 Å². The zero-order chi connectivity index (χ0) is 18.7. The molecule has 0 spiro atoms. The molecule has 0 atom stereocenters. The van der Waals surface area contributed by atoms with Gasteiger partial charge in [-0.3, -0.25) is 14.9 Å². The number of hydrogen-bond acceptors (Lipinski definition) is 5. The second kappa shape index (κ2) is 7.65. The van der Waals surface area contributed by atoms with Gasteiger partial charge in [0.1, 0.15) is 0 Å². The molecular weight excluding hydrogens is 394 g/mol. The molecule has 134 valence electrons. The summed E-state index contributed by atoms with van der Waals surface area (Å²) in [6, 6.07) is 13.3. The van der Waals surface area contributed by atoms with Gasteiger partial charge in [0.15, 0.2) is 9.84 Å². The summed E-state index contributed by atoms with van der Waals surface area (Å²) in [5, 5.41) is 2.37. The second-order valence-corrected chi connectivity index (χ2v) is 9.18. The minimum Gasteiger partial charge on any atom is -0.282 e. The van der Waals surface area contributed by atoms with E-state index in [4.69, 9.17) is 11.6 Å². The Labute approximate surface area is 160 Å². The Balaban J connectivity index is 1.70. The molecule has 1 aliphatic heterocycles. The maximum absolute atomic E-state index is 12.5. The van der Waals surface area contributed by atoms with Gasteiger partial charge in [0.2, 0.25) is 0 Å². The molecule has 2 aromatic carbocycles. The van der Waals surface area contributed by atoms with Crippen LogP contribution in [0.5, 0.6) is 0 Å². The predicted molar refractivity (Wildman–Crippen MR) is 103 cm³/mol. The molecule has 2 amide bonds. The third-order valence-corrected chi connectivity index (χ3v) is 6.55. The van der Waals surface area contributed by atoms with E-state index in [1.165, 1.54) is 12.1 Å². The number of benzene rings is 2. The summed E-state index contributed by atoms with van der Waals surface area (Å²) < 4.78 is 24.9. The van der Waals surface area contributed by atoms with Crippen molar-refractivity contribution in [3.8, 4) is 0 Å². The van der Waals surface area contributed by atoms with Gasteiger partial charge in [-0.2, -0.15) is 0 Å². The Morgan fingerprint density at radius 3 is 2.23 bits per heavy atom. The summed E-state index contributed by atoms with van der Waals surface area (Å²) >= 11 is 6.64. The van der Waals surface area contributed by atoms with Gasteiger partial charge in [-0.15, -0.1) is 0 Å². The lowest BCUT2D eigenvalue weighted by atomic mass is 10.2. The molecule has 0 saturated carbocycles. The molecule has 1 heterocycles. The molecule has 8 heteroatoms. The van der Waals surface area contributed by atoms with Gasteiger partial charge in [-0.1, -0.05) is 35.9 Å². The van der Waals surface area contributed by atoms with Crippen LogP contribution in [0.15, 0.2) is 58.3 Å². The molecule has 1 fully saturated rings. The number of carbonyl (C=O) groups excluding carboxylic acids is 2. The van der Waals surface area contributed by atoms with Crippen molar-refractivity contribution < 1.29 is 18.0 Å². The Morgan fingerprint density at radius 1 is 1.00 bits per heavy atom. The largest absolute Gasteiger partial charge is 0.290 e. The van der Waals surface area contributed by atoms with Crippen LogP contribution in [0.25, 0.3) is 6.08 Å². The summed E-state index contributed by atoms with van der Waals surface area (Å²) in [5.41, 5.74) is 1.54. The van der Waals surface area contributed by atoms with Crippen molar-refractivity contribution in [2.24, 2.45) is 0 Å². The normalized spacial score (nSPS) is 16.1. The fourth-order valence-electron chi connectivity index (χ4n) is 2.36. The van der Waals surface area contributed by atoms with Crippen LogP contribution in [0, 0.1) is 0 Å². The minimum atomic E-state index is -3.42. The lowest BCUT2D eigenvalue weighted by Crippen LogP contribution is -2.17. The lowest BCUT2D eigenvalue weighted by molar-refractivity contribution is -0.115. The van der Waals surface area contributed by atoms with Gasteiger partial charge in [0, 0.05) is 5.02 Å². The summed E-state index contributed by atoms with van der Waals surface area (Å²) in [4.78, 5) is 23.2. The molecule has 0 aliphatic carbocycles. The molecule has 3 rings (SSSR count). The van der Waals surface area contributed by atoms with E-state index in [1.54, 1.807) is 42.5 Å². The number of imide groups is 1. The molecule has 0 unspecified atom stereocenters. The highest BCUT2D eigenvalue weighted by Gasteiger charge is 2.25. The number of aryl methyl sites for hydroxylation is 1. The number of hydrogen-bond donors (Lipinski definition) is 1. The van der Waals surface area contributed by atoms with Gasteiger partial charge in [0.05, 0.1) is 15.6 Å². The summed E-state index contributed by atoms with van der Waals surface area (Å²) in [5.74, 6) is -0.457. The van der Waals surface area contributed by atoms with Crippen molar-refractivity contribution in [2.45, 2.75) is 11.3 Å². The van der Waals surface area contributed by atoms with Crippen molar-refractivity contribution in [3.63, 3.8) is 0 Å². The van der Waals surface area contributed by atoms with Crippen molar-refractivity contribution in [1.29, 1.82) is 0 Å². The van der Waals surface area contributed by atoms with E-state index in [1.807, 2.05) is 0 Å². The summed E-state index contributed by atoms with van der Waals surface area (Å²) in [7, 11) is -3.42. The molecule has 0 radical (unpaired) electrons. The highest BCUT2D eigenvalue weighted by atomic mass is 35.5. The van der Waals surface area contributed by atoms with Crippen LogP contribution in [0.2, 0.25) is 5.02 Å². The van der Waals surface area contributed by atoms with Crippen molar-refractivity contribution in [3.05, 3.63) is 69.6 Å². The van der Waals surface area contributed by atoms with Crippen LogP contribution < -0.4 is 5.32 Å². The van der Waals surface area contributed by atoms with Crippen LogP contribution in [-0.2, 0) is 21.1 Å². The second-order valence-electron chi connectivity index (χ2n) is 5.62. The van der Waals surface area contributed by atoms with E-state index in [0.29, 0.717) is 17.0 Å². The fraction of sp³-hybridized carbons (Fsp3) is 0.111. The van der Waals surface area contributed by atoms with Gasteiger partial charge in [-0.25, -0.2) is 8.42 Å². The van der Waals surface area contributed by atoms with E-state index in [2.05, 4.69) is 5.32 Å². The van der Waals surface area contributed by atoms with Crippen LogP contribution in [0.4, 0.5) is 4.79 Å². The van der Waals surface area contributed by atoms with Crippen LogP contribution in [0.3, 0.4) is 0 Å². The van der Waals surface area contributed by atoms with Gasteiger partial charge >= 0.3 is 0 Å². The average molecular weight is 408 g/mol.